The molecule has 0 amide bonds. The van der Waals surface area contributed by atoms with Crippen molar-refractivity contribution in [3.8, 4) is 0 Å². The maximum atomic E-state index is 12.5. The van der Waals surface area contributed by atoms with Gasteiger partial charge in [0.05, 0.1) is 5.25 Å². The van der Waals surface area contributed by atoms with Crippen LogP contribution in [0.5, 0.6) is 0 Å². The monoisotopic (exact) mass is 390 g/mol. The van der Waals surface area contributed by atoms with E-state index in [1.54, 1.807) is 4.52 Å². The van der Waals surface area contributed by atoms with Gasteiger partial charge in [0, 0.05) is 21.4 Å². The summed E-state index contributed by atoms with van der Waals surface area (Å²) in [6, 6.07) is 9.31. The number of halogens is 1. The number of hydrogen-bond donors (Lipinski definition) is 0. The van der Waals surface area contributed by atoms with E-state index in [1.165, 1.54) is 11.8 Å². The number of aromatic nitrogens is 4. The van der Waals surface area contributed by atoms with Gasteiger partial charge < -0.3 is 0 Å². The quantitative estimate of drug-likeness (QED) is 0.499. The Morgan fingerprint density at radius 1 is 1.22 bits per heavy atom. The van der Waals surface area contributed by atoms with E-state index in [9.17, 15) is 4.79 Å². The van der Waals surface area contributed by atoms with Crippen LogP contribution >= 0.6 is 27.7 Å². The van der Waals surface area contributed by atoms with Crippen LogP contribution in [0.1, 0.15) is 28.7 Å². The molecule has 0 spiro atoms. The third-order valence-corrected chi connectivity index (χ3v) is 4.86. The van der Waals surface area contributed by atoms with Gasteiger partial charge in [-0.05, 0) is 39.0 Å². The van der Waals surface area contributed by atoms with Gasteiger partial charge in [-0.15, -0.1) is 5.10 Å². The number of carbonyl (C=O) groups excluding carboxylic acids is 1. The van der Waals surface area contributed by atoms with Gasteiger partial charge >= 0.3 is 0 Å². The van der Waals surface area contributed by atoms with Gasteiger partial charge in [0.15, 0.2) is 5.78 Å². The van der Waals surface area contributed by atoms with Crippen LogP contribution in [0.3, 0.4) is 0 Å². The number of hydrogen-bond acceptors (Lipinski definition) is 5. The first kappa shape index (κ1) is 16.1. The standard InChI is InChI=1S/C16H15BrN4OS/c1-9-8-10(2)21-15(18-9)19-16(20-21)23-11(3)14(22)12-4-6-13(17)7-5-12/h4-8,11H,1-3H3/t11-/m0/s1. The van der Waals surface area contributed by atoms with Crippen molar-refractivity contribution < 1.29 is 4.79 Å². The Labute approximate surface area is 146 Å². The van der Waals surface area contributed by atoms with Crippen molar-refractivity contribution in [3.63, 3.8) is 0 Å². The maximum Gasteiger partial charge on any atom is 0.253 e. The topological polar surface area (TPSA) is 60.2 Å². The van der Waals surface area contributed by atoms with E-state index in [1.807, 2.05) is 51.1 Å². The molecule has 23 heavy (non-hydrogen) atoms. The second-order valence-corrected chi connectivity index (χ2v) is 7.50. The molecule has 1 aromatic carbocycles. The van der Waals surface area contributed by atoms with E-state index in [-0.39, 0.29) is 11.0 Å². The number of ketones is 1. The summed E-state index contributed by atoms with van der Waals surface area (Å²) in [7, 11) is 0. The van der Waals surface area contributed by atoms with Crippen LogP contribution in [0.25, 0.3) is 5.78 Å². The highest BCUT2D eigenvalue weighted by Gasteiger charge is 2.19. The summed E-state index contributed by atoms with van der Waals surface area (Å²) < 4.78 is 2.65. The van der Waals surface area contributed by atoms with Crippen molar-refractivity contribution in [2.24, 2.45) is 0 Å². The fraction of sp³-hybridized carbons (Fsp3) is 0.250. The van der Waals surface area contributed by atoms with Crippen molar-refractivity contribution in [1.82, 2.24) is 19.6 Å². The minimum Gasteiger partial charge on any atom is -0.293 e. The summed E-state index contributed by atoms with van der Waals surface area (Å²) >= 11 is 4.72. The minimum atomic E-state index is -0.269. The van der Waals surface area contributed by atoms with E-state index in [2.05, 4.69) is 31.0 Å². The molecule has 1 atom stereocenters. The number of benzene rings is 1. The Bertz CT molecular complexity index is 876. The molecule has 0 aliphatic heterocycles. The molecule has 2 heterocycles. The van der Waals surface area contributed by atoms with Crippen molar-refractivity contribution in [1.29, 1.82) is 0 Å². The second-order valence-electron chi connectivity index (χ2n) is 5.28. The van der Waals surface area contributed by atoms with Crippen molar-refractivity contribution >= 4 is 39.3 Å². The molecule has 0 bridgehead atoms. The number of thioether (sulfide) groups is 1. The first-order valence-electron chi connectivity index (χ1n) is 7.11. The van der Waals surface area contributed by atoms with Gasteiger partial charge in [-0.2, -0.15) is 4.98 Å². The normalized spacial score (nSPS) is 12.5. The zero-order chi connectivity index (χ0) is 16.6. The van der Waals surface area contributed by atoms with Crippen molar-refractivity contribution in [3.05, 3.63) is 51.8 Å². The highest BCUT2D eigenvalue weighted by atomic mass is 79.9. The van der Waals surface area contributed by atoms with Crippen LogP contribution in [-0.2, 0) is 0 Å². The lowest BCUT2D eigenvalue weighted by atomic mass is 10.1. The number of carbonyl (C=O) groups is 1. The van der Waals surface area contributed by atoms with Crippen LogP contribution in [0.2, 0.25) is 0 Å². The van der Waals surface area contributed by atoms with Gasteiger partial charge in [-0.3, -0.25) is 4.79 Å². The Morgan fingerprint density at radius 3 is 2.61 bits per heavy atom. The second kappa shape index (κ2) is 6.41. The van der Waals surface area contributed by atoms with Crippen molar-refractivity contribution in [2.45, 2.75) is 31.2 Å². The zero-order valence-corrected chi connectivity index (χ0v) is 15.3. The predicted octanol–water partition coefficient (Wildman–Crippen LogP) is 3.87. The average molecular weight is 391 g/mol. The molecule has 2 aromatic heterocycles. The Hall–Kier alpha value is -1.73. The molecule has 0 radical (unpaired) electrons. The van der Waals surface area contributed by atoms with E-state index in [4.69, 9.17) is 0 Å². The highest BCUT2D eigenvalue weighted by molar-refractivity contribution is 9.10. The molecule has 0 fully saturated rings. The van der Waals surface area contributed by atoms with E-state index in [0.29, 0.717) is 16.5 Å². The number of nitrogens with zero attached hydrogens (tertiary/aromatic N) is 4. The predicted molar refractivity (Wildman–Crippen MR) is 94.0 cm³/mol. The van der Waals surface area contributed by atoms with E-state index < -0.39 is 0 Å². The SMILES string of the molecule is Cc1cc(C)n2nc(S[C@@H](C)C(=O)c3ccc(Br)cc3)nc2n1. The fourth-order valence-electron chi connectivity index (χ4n) is 2.26. The van der Waals surface area contributed by atoms with Crippen LogP contribution in [-0.4, -0.2) is 30.6 Å². The summed E-state index contributed by atoms with van der Waals surface area (Å²) in [6.45, 7) is 5.75. The zero-order valence-electron chi connectivity index (χ0n) is 12.9. The van der Waals surface area contributed by atoms with E-state index >= 15 is 0 Å². The third-order valence-electron chi connectivity index (χ3n) is 3.38. The number of aryl methyl sites for hydroxylation is 2. The molecule has 0 N–H and O–H groups in total. The molecule has 3 rings (SSSR count). The first-order chi connectivity index (χ1) is 10.9. The van der Waals surface area contributed by atoms with Crippen molar-refractivity contribution in [2.75, 3.05) is 0 Å². The van der Waals surface area contributed by atoms with Gasteiger partial charge in [-0.25, -0.2) is 9.50 Å². The Kier molecular flexibility index (Phi) is 4.50. The van der Waals surface area contributed by atoms with Crippen LogP contribution in [0, 0.1) is 13.8 Å². The fourth-order valence-corrected chi connectivity index (χ4v) is 3.35. The first-order valence-corrected chi connectivity index (χ1v) is 8.79. The molecule has 3 aromatic rings. The molecule has 118 valence electrons. The summed E-state index contributed by atoms with van der Waals surface area (Å²) in [5.41, 5.74) is 2.55. The summed E-state index contributed by atoms with van der Waals surface area (Å²) in [5.74, 6) is 0.621. The van der Waals surface area contributed by atoms with Crippen LogP contribution in [0.15, 0.2) is 40.0 Å². The molecule has 7 heteroatoms. The lowest BCUT2D eigenvalue weighted by Gasteiger charge is -2.07. The summed E-state index contributed by atoms with van der Waals surface area (Å²) in [6.07, 6.45) is 0. The highest BCUT2D eigenvalue weighted by Crippen LogP contribution is 2.24. The molecule has 0 saturated heterocycles. The molecule has 0 saturated carbocycles. The number of fused-ring (bicyclic) bond motifs is 1. The number of rotatable bonds is 4. The Balaban J connectivity index is 1.82. The Morgan fingerprint density at radius 2 is 1.91 bits per heavy atom. The molecule has 5 nitrogen and oxygen atoms in total. The minimum absolute atomic E-state index is 0.0576. The van der Waals surface area contributed by atoms with Crippen LogP contribution < -0.4 is 0 Å². The lowest BCUT2D eigenvalue weighted by Crippen LogP contribution is -2.13. The summed E-state index contributed by atoms with van der Waals surface area (Å²) in [5, 5.41) is 4.72. The number of Topliss-reactive ketones (excluding diaryl/α,β-unsaturated/α-hetero) is 1. The molecule has 0 aliphatic carbocycles. The van der Waals surface area contributed by atoms with E-state index in [0.717, 1.165) is 15.9 Å². The summed E-state index contributed by atoms with van der Waals surface area (Å²) in [4.78, 5) is 21.3. The lowest BCUT2D eigenvalue weighted by molar-refractivity contribution is 0.0994. The molecular formula is C16H15BrN4OS. The molecular weight excluding hydrogens is 376 g/mol. The molecule has 0 aliphatic rings. The third kappa shape index (κ3) is 3.45. The maximum absolute atomic E-state index is 12.5. The van der Waals surface area contributed by atoms with Gasteiger partial charge in [0.25, 0.3) is 5.78 Å². The van der Waals surface area contributed by atoms with Crippen LogP contribution in [0.4, 0.5) is 0 Å². The van der Waals surface area contributed by atoms with Gasteiger partial charge in [0.1, 0.15) is 0 Å². The average Bonchev–Trinajstić information content (AvgIpc) is 2.90. The smallest absolute Gasteiger partial charge is 0.253 e. The largest absolute Gasteiger partial charge is 0.293 e. The van der Waals surface area contributed by atoms with Gasteiger partial charge in [-0.1, -0.05) is 39.8 Å². The van der Waals surface area contributed by atoms with Gasteiger partial charge in [0.2, 0.25) is 5.16 Å². The molecule has 0 unspecified atom stereocenters.